The number of morpholine rings is 1. The average Bonchev–Trinajstić information content (AvgIpc) is 2.67. The molecule has 2 N–H and O–H groups in total. The van der Waals surface area contributed by atoms with Crippen LogP contribution < -0.4 is 10.6 Å². The van der Waals surface area contributed by atoms with Crippen molar-refractivity contribution in [3.05, 3.63) is 0 Å². The average molecular weight is 482 g/mol. The Hall–Kier alpha value is -0.120. The Balaban J connectivity index is 0.00000338. The quantitative estimate of drug-likeness (QED) is 0.229. The fourth-order valence-electron chi connectivity index (χ4n) is 3.46. The van der Waals surface area contributed by atoms with E-state index in [1.54, 1.807) is 0 Å². The fraction of sp³-hybridized carbons (Fsp3) is 0.947. The molecule has 26 heavy (non-hydrogen) atoms. The Kier molecular flexibility index (Phi) is 13.7. The number of halogens is 1. The van der Waals surface area contributed by atoms with Gasteiger partial charge in [0.1, 0.15) is 0 Å². The van der Waals surface area contributed by atoms with Crippen LogP contribution in [0.3, 0.4) is 0 Å². The zero-order chi connectivity index (χ0) is 17.7. The van der Waals surface area contributed by atoms with Crippen molar-refractivity contribution < 1.29 is 9.47 Å². The van der Waals surface area contributed by atoms with Crippen molar-refractivity contribution in [2.24, 2.45) is 4.99 Å². The van der Waals surface area contributed by atoms with E-state index < -0.39 is 0 Å². The third kappa shape index (κ3) is 9.71. The Morgan fingerprint density at radius 3 is 2.62 bits per heavy atom. The highest BCUT2D eigenvalue weighted by molar-refractivity contribution is 14.0. The van der Waals surface area contributed by atoms with E-state index in [2.05, 4.69) is 29.4 Å². The van der Waals surface area contributed by atoms with Crippen molar-refractivity contribution in [3.63, 3.8) is 0 Å². The van der Waals surface area contributed by atoms with Gasteiger partial charge in [-0.25, -0.2) is 0 Å². The maximum absolute atomic E-state index is 5.98. The molecule has 0 radical (unpaired) electrons. The van der Waals surface area contributed by atoms with Crippen molar-refractivity contribution in [1.29, 1.82) is 0 Å². The predicted molar refractivity (Wildman–Crippen MR) is 119 cm³/mol. The van der Waals surface area contributed by atoms with Crippen LogP contribution in [0.4, 0.5) is 0 Å². The maximum Gasteiger partial charge on any atom is 0.191 e. The second-order valence-electron chi connectivity index (χ2n) is 7.13. The van der Waals surface area contributed by atoms with E-state index in [9.17, 15) is 0 Å². The highest BCUT2D eigenvalue weighted by Crippen LogP contribution is 2.20. The molecule has 1 unspecified atom stereocenters. The van der Waals surface area contributed by atoms with Crippen LogP contribution in [0.1, 0.15) is 52.4 Å². The Labute approximate surface area is 176 Å². The first-order chi connectivity index (χ1) is 12.3. The number of ether oxygens (including phenoxy) is 2. The van der Waals surface area contributed by atoms with Crippen molar-refractivity contribution in [2.75, 3.05) is 52.5 Å². The Morgan fingerprint density at radius 1 is 1.19 bits per heavy atom. The molecule has 1 aliphatic carbocycles. The zero-order valence-corrected chi connectivity index (χ0v) is 19.0. The molecular formula is C19H39IN4O2. The molecule has 0 aromatic carbocycles. The summed E-state index contributed by atoms with van der Waals surface area (Å²) in [5.74, 6) is 0.917. The van der Waals surface area contributed by atoms with Crippen molar-refractivity contribution in [1.82, 2.24) is 15.5 Å². The van der Waals surface area contributed by atoms with Crippen LogP contribution in [-0.2, 0) is 9.47 Å². The SMILES string of the molecule is CCNC(=NCC(C)N1CCOCC1)NCCCOC1CCCCC1.I. The van der Waals surface area contributed by atoms with Crippen LogP contribution in [0.15, 0.2) is 4.99 Å². The Bertz CT molecular complexity index is 373. The summed E-state index contributed by atoms with van der Waals surface area (Å²) in [5.41, 5.74) is 0. The third-order valence-corrected chi connectivity index (χ3v) is 5.05. The lowest BCUT2D eigenvalue weighted by Crippen LogP contribution is -2.44. The molecule has 0 bridgehead atoms. The van der Waals surface area contributed by atoms with E-state index in [0.29, 0.717) is 12.1 Å². The summed E-state index contributed by atoms with van der Waals surface area (Å²) in [5, 5.41) is 6.77. The van der Waals surface area contributed by atoms with Gasteiger partial charge in [-0.2, -0.15) is 0 Å². The molecule has 6 nitrogen and oxygen atoms in total. The summed E-state index contributed by atoms with van der Waals surface area (Å²) < 4.78 is 11.4. The van der Waals surface area contributed by atoms with E-state index >= 15 is 0 Å². The van der Waals surface area contributed by atoms with E-state index in [1.807, 2.05) is 0 Å². The number of nitrogens with zero attached hydrogens (tertiary/aromatic N) is 2. The normalized spacial score (nSPS) is 21.1. The van der Waals surface area contributed by atoms with Gasteiger partial charge in [-0.3, -0.25) is 9.89 Å². The topological polar surface area (TPSA) is 58.1 Å². The molecule has 1 saturated heterocycles. The van der Waals surface area contributed by atoms with E-state index in [-0.39, 0.29) is 24.0 Å². The van der Waals surface area contributed by atoms with Gasteiger partial charge >= 0.3 is 0 Å². The molecule has 2 fully saturated rings. The molecule has 2 aliphatic rings. The first kappa shape index (κ1) is 23.9. The lowest BCUT2D eigenvalue weighted by Gasteiger charge is -2.31. The van der Waals surface area contributed by atoms with Crippen LogP contribution >= 0.6 is 24.0 Å². The predicted octanol–water partition coefficient (Wildman–Crippen LogP) is 2.62. The molecular weight excluding hydrogens is 443 g/mol. The van der Waals surface area contributed by atoms with Crippen LogP contribution in [0.2, 0.25) is 0 Å². The minimum absolute atomic E-state index is 0. The lowest BCUT2D eigenvalue weighted by molar-refractivity contribution is 0.0220. The van der Waals surface area contributed by atoms with Crippen LogP contribution in [0.25, 0.3) is 0 Å². The zero-order valence-electron chi connectivity index (χ0n) is 16.7. The molecule has 7 heteroatoms. The highest BCUT2D eigenvalue weighted by atomic mass is 127. The highest BCUT2D eigenvalue weighted by Gasteiger charge is 2.16. The van der Waals surface area contributed by atoms with Crippen LogP contribution in [0.5, 0.6) is 0 Å². The number of guanidine groups is 1. The minimum atomic E-state index is 0. The molecule has 1 saturated carbocycles. The van der Waals surface area contributed by atoms with Gasteiger partial charge in [0, 0.05) is 38.8 Å². The Morgan fingerprint density at radius 2 is 1.92 bits per heavy atom. The van der Waals surface area contributed by atoms with E-state index in [1.165, 1.54) is 32.1 Å². The fourth-order valence-corrected chi connectivity index (χ4v) is 3.46. The van der Waals surface area contributed by atoms with Gasteiger partial charge in [0.2, 0.25) is 0 Å². The summed E-state index contributed by atoms with van der Waals surface area (Å²) in [6.45, 7) is 11.5. The van der Waals surface area contributed by atoms with Gasteiger partial charge in [-0.15, -0.1) is 24.0 Å². The summed E-state index contributed by atoms with van der Waals surface area (Å²) in [6.07, 6.45) is 8.08. The number of hydrogen-bond donors (Lipinski definition) is 2. The summed E-state index contributed by atoms with van der Waals surface area (Å²) in [7, 11) is 0. The molecule has 0 aromatic rings. The molecule has 0 amide bonds. The van der Waals surface area contributed by atoms with Crippen LogP contribution in [-0.4, -0.2) is 75.5 Å². The molecule has 1 heterocycles. The van der Waals surface area contributed by atoms with E-state index in [0.717, 1.165) is 64.9 Å². The van der Waals surface area contributed by atoms with Gasteiger partial charge in [0.05, 0.1) is 25.9 Å². The van der Waals surface area contributed by atoms with Gasteiger partial charge in [-0.1, -0.05) is 19.3 Å². The number of nitrogens with one attached hydrogen (secondary N) is 2. The van der Waals surface area contributed by atoms with E-state index in [4.69, 9.17) is 14.5 Å². The largest absolute Gasteiger partial charge is 0.379 e. The smallest absolute Gasteiger partial charge is 0.191 e. The van der Waals surface area contributed by atoms with Crippen molar-refractivity contribution in [2.45, 2.75) is 64.5 Å². The standard InChI is InChI=1S/C19H38N4O2.HI/c1-3-20-19(22-16-17(2)23-11-14-24-15-12-23)21-10-7-13-25-18-8-5-4-6-9-18;/h17-18H,3-16H2,1-2H3,(H2,20,21,22);1H. The first-order valence-electron chi connectivity index (χ1n) is 10.2. The molecule has 1 atom stereocenters. The molecule has 2 rings (SSSR count). The molecule has 0 aromatic heterocycles. The molecule has 154 valence electrons. The second-order valence-corrected chi connectivity index (χ2v) is 7.13. The second kappa shape index (κ2) is 14.9. The molecule has 0 spiro atoms. The van der Waals surface area contributed by atoms with Gasteiger partial charge in [0.15, 0.2) is 5.96 Å². The van der Waals surface area contributed by atoms with Gasteiger partial charge in [-0.05, 0) is 33.1 Å². The van der Waals surface area contributed by atoms with Crippen molar-refractivity contribution >= 4 is 29.9 Å². The first-order valence-corrected chi connectivity index (χ1v) is 10.2. The minimum Gasteiger partial charge on any atom is -0.379 e. The van der Waals surface area contributed by atoms with Crippen LogP contribution in [0, 0.1) is 0 Å². The van der Waals surface area contributed by atoms with Crippen molar-refractivity contribution in [3.8, 4) is 0 Å². The lowest BCUT2D eigenvalue weighted by atomic mass is 9.98. The number of aliphatic imine (C=N–C) groups is 1. The summed E-state index contributed by atoms with van der Waals surface area (Å²) in [6, 6.07) is 0.453. The summed E-state index contributed by atoms with van der Waals surface area (Å²) >= 11 is 0. The number of hydrogen-bond acceptors (Lipinski definition) is 4. The third-order valence-electron chi connectivity index (χ3n) is 5.05. The summed E-state index contributed by atoms with van der Waals surface area (Å²) in [4.78, 5) is 7.20. The van der Waals surface area contributed by atoms with Gasteiger partial charge < -0.3 is 20.1 Å². The number of rotatable bonds is 9. The monoisotopic (exact) mass is 482 g/mol. The molecule has 1 aliphatic heterocycles. The maximum atomic E-state index is 5.98. The van der Waals surface area contributed by atoms with Gasteiger partial charge in [0.25, 0.3) is 0 Å².